The first-order valence-electron chi connectivity index (χ1n) is 9.40. The van der Waals surface area contributed by atoms with Crippen LogP contribution in [0, 0.1) is 5.82 Å². The third kappa shape index (κ3) is 5.80. The van der Waals surface area contributed by atoms with E-state index in [4.69, 9.17) is 25.8 Å². The minimum atomic E-state index is -0.273. The Labute approximate surface area is 189 Å². The van der Waals surface area contributed by atoms with Crippen molar-refractivity contribution in [1.29, 1.82) is 0 Å². The third-order valence-electron chi connectivity index (χ3n) is 4.31. The van der Waals surface area contributed by atoms with E-state index in [0.717, 1.165) is 21.3 Å². The van der Waals surface area contributed by atoms with Gasteiger partial charge in [-0.2, -0.15) is 0 Å². The van der Waals surface area contributed by atoms with Gasteiger partial charge in [-0.3, -0.25) is 0 Å². The number of ether oxygens (including phenoxy) is 3. The zero-order valence-electron chi connectivity index (χ0n) is 16.7. The number of rotatable bonds is 9. The molecule has 0 aliphatic rings. The smallest absolute Gasteiger partial charge is 0.175 e. The number of benzene rings is 3. The van der Waals surface area contributed by atoms with E-state index in [1.165, 1.54) is 12.1 Å². The highest BCUT2D eigenvalue weighted by atomic mass is 79.9. The van der Waals surface area contributed by atoms with E-state index in [-0.39, 0.29) is 5.82 Å². The molecule has 0 atom stereocenters. The molecule has 0 saturated carbocycles. The molecule has 0 fully saturated rings. The summed E-state index contributed by atoms with van der Waals surface area (Å²) in [5.74, 6) is 1.60. The second-order valence-electron chi connectivity index (χ2n) is 6.46. The molecular formula is C23H22BrClFNO3. The standard InChI is InChI=1S/C23H22BrClFNO3/c1-3-29-22-11-16(13-27-18-8-9-21(28-2)20(25)12-18)10-19(24)23(22)30-14-15-4-6-17(26)7-5-15/h4-12,27H,3,13-14H2,1-2H3. The quantitative estimate of drug-likeness (QED) is 0.353. The molecule has 7 heteroatoms. The number of hydrogen-bond donors (Lipinski definition) is 1. The molecular weight excluding hydrogens is 473 g/mol. The molecule has 0 radical (unpaired) electrons. The van der Waals surface area contributed by atoms with Gasteiger partial charge in [0.25, 0.3) is 0 Å². The Morgan fingerprint density at radius 2 is 1.73 bits per heavy atom. The summed E-state index contributed by atoms with van der Waals surface area (Å²) in [7, 11) is 1.58. The molecule has 0 aliphatic carbocycles. The highest BCUT2D eigenvalue weighted by molar-refractivity contribution is 9.10. The van der Waals surface area contributed by atoms with Gasteiger partial charge < -0.3 is 19.5 Å². The lowest BCUT2D eigenvalue weighted by Crippen LogP contribution is -2.04. The molecule has 0 bridgehead atoms. The number of hydrogen-bond acceptors (Lipinski definition) is 4. The molecule has 4 nitrogen and oxygen atoms in total. The van der Waals surface area contributed by atoms with Crippen molar-refractivity contribution in [2.45, 2.75) is 20.1 Å². The van der Waals surface area contributed by atoms with Gasteiger partial charge in [0.2, 0.25) is 0 Å². The third-order valence-corrected chi connectivity index (χ3v) is 5.20. The van der Waals surface area contributed by atoms with Gasteiger partial charge in [-0.1, -0.05) is 23.7 Å². The van der Waals surface area contributed by atoms with Crippen LogP contribution < -0.4 is 19.5 Å². The van der Waals surface area contributed by atoms with Gasteiger partial charge in [-0.15, -0.1) is 0 Å². The largest absolute Gasteiger partial charge is 0.495 e. The van der Waals surface area contributed by atoms with Crippen LogP contribution in [0.3, 0.4) is 0 Å². The highest BCUT2D eigenvalue weighted by Crippen LogP contribution is 2.38. The Morgan fingerprint density at radius 3 is 2.40 bits per heavy atom. The molecule has 3 aromatic rings. The summed E-state index contributed by atoms with van der Waals surface area (Å²) in [6.45, 7) is 3.30. The molecule has 3 rings (SSSR count). The molecule has 0 spiro atoms. The van der Waals surface area contributed by atoms with E-state index >= 15 is 0 Å². The van der Waals surface area contributed by atoms with Crippen LogP contribution in [0.1, 0.15) is 18.1 Å². The average molecular weight is 495 g/mol. The molecule has 0 aliphatic heterocycles. The maximum absolute atomic E-state index is 13.1. The summed E-state index contributed by atoms with van der Waals surface area (Å²) in [6.07, 6.45) is 0. The average Bonchev–Trinajstić information content (AvgIpc) is 2.73. The van der Waals surface area contributed by atoms with Crippen LogP contribution in [0.2, 0.25) is 5.02 Å². The molecule has 0 amide bonds. The summed E-state index contributed by atoms with van der Waals surface area (Å²) in [6, 6.07) is 15.7. The lowest BCUT2D eigenvalue weighted by Gasteiger charge is -2.16. The molecule has 0 saturated heterocycles. The number of halogens is 3. The Bertz CT molecular complexity index is 998. The van der Waals surface area contributed by atoms with Crippen LogP contribution in [0.25, 0.3) is 0 Å². The predicted molar refractivity (Wildman–Crippen MR) is 121 cm³/mol. The molecule has 30 heavy (non-hydrogen) atoms. The first-order chi connectivity index (χ1) is 14.5. The second-order valence-corrected chi connectivity index (χ2v) is 7.72. The first kappa shape index (κ1) is 22.2. The minimum Gasteiger partial charge on any atom is -0.495 e. The molecule has 1 N–H and O–H groups in total. The van der Waals surface area contributed by atoms with E-state index in [0.29, 0.717) is 42.0 Å². The van der Waals surface area contributed by atoms with Gasteiger partial charge >= 0.3 is 0 Å². The summed E-state index contributed by atoms with van der Waals surface area (Å²) < 4.78 is 30.8. The lowest BCUT2D eigenvalue weighted by molar-refractivity contribution is 0.267. The van der Waals surface area contributed by atoms with Gasteiger partial charge in [0.05, 0.1) is 23.2 Å². The van der Waals surface area contributed by atoms with E-state index in [1.807, 2.05) is 37.3 Å². The number of methoxy groups -OCH3 is 1. The van der Waals surface area contributed by atoms with Crippen molar-refractivity contribution >= 4 is 33.2 Å². The monoisotopic (exact) mass is 493 g/mol. The minimum absolute atomic E-state index is 0.273. The second kappa shape index (κ2) is 10.5. The van der Waals surface area contributed by atoms with Gasteiger partial charge in [0, 0.05) is 12.2 Å². The van der Waals surface area contributed by atoms with Gasteiger partial charge in [0.1, 0.15) is 18.2 Å². The summed E-state index contributed by atoms with van der Waals surface area (Å²) >= 11 is 9.77. The predicted octanol–water partition coefficient (Wildman–Crippen LogP) is 6.84. The van der Waals surface area contributed by atoms with Crippen molar-refractivity contribution < 1.29 is 18.6 Å². The zero-order chi connectivity index (χ0) is 21.5. The summed E-state index contributed by atoms with van der Waals surface area (Å²) in [4.78, 5) is 0. The SMILES string of the molecule is CCOc1cc(CNc2ccc(OC)c(Cl)c2)cc(Br)c1OCc1ccc(F)cc1. The van der Waals surface area contributed by atoms with E-state index < -0.39 is 0 Å². The Hall–Kier alpha value is -2.44. The zero-order valence-corrected chi connectivity index (χ0v) is 19.0. The number of anilines is 1. The fourth-order valence-corrected chi connectivity index (χ4v) is 3.70. The van der Waals surface area contributed by atoms with Crippen LogP contribution >= 0.6 is 27.5 Å². The van der Waals surface area contributed by atoms with Crippen LogP contribution in [0.5, 0.6) is 17.2 Å². The van der Waals surface area contributed by atoms with Crippen LogP contribution in [-0.4, -0.2) is 13.7 Å². The lowest BCUT2D eigenvalue weighted by atomic mass is 10.2. The Kier molecular flexibility index (Phi) is 7.82. The topological polar surface area (TPSA) is 39.7 Å². The van der Waals surface area contributed by atoms with Crippen molar-refractivity contribution in [3.63, 3.8) is 0 Å². The molecule has 3 aromatic carbocycles. The normalized spacial score (nSPS) is 10.6. The fourth-order valence-electron chi connectivity index (χ4n) is 2.84. The summed E-state index contributed by atoms with van der Waals surface area (Å²) in [5.41, 5.74) is 2.76. The van der Waals surface area contributed by atoms with Crippen molar-refractivity contribution in [1.82, 2.24) is 0 Å². The van der Waals surface area contributed by atoms with Gasteiger partial charge in [0.15, 0.2) is 11.5 Å². The van der Waals surface area contributed by atoms with E-state index in [2.05, 4.69) is 21.2 Å². The first-order valence-corrected chi connectivity index (χ1v) is 10.6. The van der Waals surface area contributed by atoms with Gasteiger partial charge in [-0.25, -0.2) is 4.39 Å². The van der Waals surface area contributed by atoms with Crippen molar-refractivity contribution in [2.24, 2.45) is 0 Å². The Balaban J connectivity index is 1.73. The van der Waals surface area contributed by atoms with Crippen LogP contribution in [0.15, 0.2) is 59.1 Å². The molecule has 0 heterocycles. The number of nitrogens with one attached hydrogen (secondary N) is 1. The van der Waals surface area contributed by atoms with Crippen LogP contribution in [-0.2, 0) is 13.2 Å². The van der Waals surface area contributed by atoms with Crippen molar-refractivity contribution in [3.05, 3.63) is 81.0 Å². The maximum atomic E-state index is 13.1. The molecule has 158 valence electrons. The molecule has 0 aromatic heterocycles. The van der Waals surface area contributed by atoms with Crippen LogP contribution in [0.4, 0.5) is 10.1 Å². The fraction of sp³-hybridized carbons (Fsp3) is 0.217. The summed E-state index contributed by atoms with van der Waals surface area (Å²) in [5, 5.41) is 3.88. The van der Waals surface area contributed by atoms with E-state index in [9.17, 15) is 4.39 Å². The highest BCUT2D eigenvalue weighted by Gasteiger charge is 2.13. The van der Waals surface area contributed by atoms with Gasteiger partial charge in [-0.05, 0) is 76.4 Å². The van der Waals surface area contributed by atoms with E-state index in [1.54, 1.807) is 19.2 Å². The molecule has 0 unspecified atom stereocenters. The maximum Gasteiger partial charge on any atom is 0.175 e. The van der Waals surface area contributed by atoms with Crippen molar-refractivity contribution in [2.75, 3.05) is 19.0 Å². The van der Waals surface area contributed by atoms with Crippen molar-refractivity contribution in [3.8, 4) is 17.2 Å². The Morgan fingerprint density at radius 1 is 0.967 bits per heavy atom.